The third kappa shape index (κ3) is 4.27. The van der Waals surface area contributed by atoms with Gasteiger partial charge in [-0.05, 0) is 29.7 Å². The molecule has 27 heavy (non-hydrogen) atoms. The van der Waals surface area contributed by atoms with Gasteiger partial charge in [-0.25, -0.2) is 0 Å². The maximum Gasteiger partial charge on any atom is 0.325 e. The summed E-state index contributed by atoms with van der Waals surface area (Å²) in [4.78, 5) is 23.2. The number of carbonyl (C=O) groups excluding carboxylic acids is 2. The van der Waals surface area contributed by atoms with Gasteiger partial charge in [0.25, 0.3) is 5.91 Å². The molecule has 0 bridgehead atoms. The molecule has 0 radical (unpaired) electrons. The fourth-order valence-electron chi connectivity index (χ4n) is 2.49. The zero-order valence-electron chi connectivity index (χ0n) is 14.5. The number of rotatable bonds is 5. The molecule has 0 unspecified atom stereocenters. The molecule has 0 aromatic heterocycles. The standard InChI is InChI=1S/C20H17N3O4/c1-27-18(25)12-21-20(26)14-6-4-7-15(11-14)22-23-19-16-8-3-2-5-13(16)9-10-17(19)24/h2-11,24H,12H2,1H3,(H,21,26). The Bertz CT molecular complexity index is 1030. The highest BCUT2D eigenvalue weighted by Crippen LogP contribution is 2.35. The number of nitrogens with zero attached hydrogens (tertiary/aromatic N) is 2. The lowest BCUT2D eigenvalue weighted by Gasteiger charge is -2.05. The molecule has 0 atom stereocenters. The highest BCUT2D eigenvalue weighted by atomic mass is 16.5. The van der Waals surface area contributed by atoms with E-state index < -0.39 is 11.9 Å². The number of carbonyl (C=O) groups is 2. The molecule has 0 fully saturated rings. The Morgan fingerprint density at radius 3 is 2.67 bits per heavy atom. The van der Waals surface area contributed by atoms with E-state index in [0.717, 1.165) is 10.8 Å². The van der Waals surface area contributed by atoms with E-state index in [9.17, 15) is 14.7 Å². The first-order valence-corrected chi connectivity index (χ1v) is 8.16. The van der Waals surface area contributed by atoms with Crippen LogP contribution in [0.4, 0.5) is 11.4 Å². The molecule has 7 nitrogen and oxygen atoms in total. The van der Waals surface area contributed by atoms with E-state index in [2.05, 4.69) is 20.3 Å². The molecule has 0 heterocycles. The molecule has 7 heteroatoms. The minimum Gasteiger partial charge on any atom is -0.506 e. The Balaban J connectivity index is 1.84. The molecule has 136 valence electrons. The minimum absolute atomic E-state index is 0.0180. The molecule has 2 N–H and O–H groups in total. The predicted molar refractivity (Wildman–Crippen MR) is 101 cm³/mol. The maximum atomic E-state index is 12.1. The van der Waals surface area contributed by atoms with E-state index >= 15 is 0 Å². The van der Waals surface area contributed by atoms with Gasteiger partial charge in [0.1, 0.15) is 18.0 Å². The molecule has 0 aliphatic carbocycles. The maximum absolute atomic E-state index is 12.1. The van der Waals surface area contributed by atoms with Crippen LogP contribution >= 0.6 is 0 Å². The van der Waals surface area contributed by atoms with Crippen molar-refractivity contribution in [2.45, 2.75) is 0 Å². The third-order valence-corrected chi connectivity index (χ3v) is 3.87. The van der Waals surface area contributed by atoms with E-state index in [4.69, 9.17) is 0 Å². The van der Waals surface area contributed by atoms with E-state index in [1.54, 1.807) is 30.3 Å². The number of amides is 1. The summed E-state index contributed by atoms with van der Waals surface area (Å²) in [5.41, 5.74) is 1.12. The largest absolute Gasteiger partial charge is 0.506 e. The molecule has 3 rings (SSSR count). The van der Waals surface area contributed by atoms with Crippen LogP contribution < -0.4 is 5.32 Å². The molecule has 0 aliphatic heterocycles. The van der Waals surface area contributed by atoms with Crippen LogP contribution in [0, 0.1) is 0 Å². The summed E-state index contributed by atoms with van der Waals surface area (Å²) in [5, 5.41) is 22.6. The second kappa shape index (κ2) is 8.09. The number of hydrogen-bond donors (Lipinski definition) is 2. The van der Waals surface area contributed by atoms with Crippen molar-refractivity contribution in [2.24, 2.45) is 10.2 Å². The average Bonchev–Trinajstić information content (AvgIpc) is 2.71. The molecule has 0 spiro atoms. The molecular weight excluding hydrogens is 346 g/mol. The number of esters is 1. The van der Waals surface area contributed by atoms with Gasteiger partial charge in [-0.15, -0.1) is 5.11 Å². The summed E-state index contributed by atoms with van der Waals surface area (Å²) in [6.45, 7) is -0.217. The first-order chi connectivity index (χ1) is 13.1. The monoisotopic (exact) mass is 363 g/mol. The van der Waals surface area contributed by atoms with Gasteiger partial charge < -0.3 is 15.2 Å². The minimum atomic E-state index is -0.536. The summed E-state index contributed by atoms with van der Waals surface area (Å²) < 4.78 is 4.48. The van der Waals surface area contributed by atoms with Gasteiger partial charge in [-0.2, -0.15) is 5.11 Å². The van der Waals surface area contributed by atoms with Crippen molar-refractivity contribution in [1.29, 1.82) is 0 Å². The fraction of sp³-hybridized carbons (Fsp3) is 0.100. The first-order valence-electron chi connectivity index (χ1n) is 8.16. The number of phenols is 1. The zero-order chi connectivity index (χ0) is 19.2. The number of ether oxygens (including phenoxy) is 1. The number of benzene rings is 3. The van der Waals surface area contributed by atoms with Crippen molar-refractivity contribution in [3.63, 3.8) is 0 Å². The Labute approximate surface area is 155 Å². The Kier molecular flexibility index (Phi) is 5.41. The molecule has 1 amide bonds. The second-order valence-electron chi connectivity index (χ2n) is 5.66. The molecule has 0 aliphatic rings. The zero-order valence-corrected chi connectivity index (χ0v) is 14.5. The van der Waals surface area contributed by atoms with Gasteiger partial charge in [-0.3, -0.25) is 9.59 Å². The number of nitrogens with one attached hydrogen (secondary N) is 1. The Morgan fingerprint density at radius 2 is 1.85 bits per heavy atom. The van der Waals surface area contributed by atoms with Crippen LogP contribution in [0.3, 0.4) is 0 Å². The summed E-state index contributed by atoms with van der Waals surface area (Å²) in [6, 6.07) is 17.4. The van der Waals surface area contributed by atoms with E-state index in [0.29, 0.717) is 16.9 Å². The normalized spacial score (nSPS) is 10.9. The summed E-state index contributed by atoms with van der Waals surface area (Å²) in [6.07, 6.45) is 0. The Hall–Kier alpha value is -3.74. The molecular formula is C20H17N3O4. The van der Waals surface area contributed by atoms with Crippen molar-refractivity contribution in [1.82, 2.24) is 5.32 Å². The first kappa shape index (κ1) is 18.1. The number of phenolic OH excluding ortho intramolecular Hbond substituents is 1. The molecule has 3 aromatic carbocycles. The fourth-order valence-corrected chi connectivity index (χ4v) is 2.49. The SMILES string of the molecule is COC(=O)CNC(=O)c1cccc(N=Nc2c(O)ccc3ccccc23)c1. The van der Waals surface area contributed by atoms with E-state index in [1.165, 1.54) is 13.2 Å². The van der Waals surface area contributed by atoms with Gasteiger partial charge >= 0.3 is 5.97 Å². The van der Waals surface area contributed by atoms with Gasteiger partial charge in [0.2, 0.25) is 0 Å². The topological polar surface area (TPSA) is 100 Å². The van der Waals surface area contributed by atoms with Crippen LogP contribution in [0.15, 0.2) is 70.9 Å². The van der Waals surface area contributed by atoms with Crippen molar-refractivity contribution < 1.29 is 19.4 Å². The number of fused-ring (bicyclic) bond motifs is 1. The molecule has 3 aromatic rings. The van der Waals surface area contributed by atoms with Crippen LogP contribution in [0.2, 0.25) is 0 Å². The lowest BCUT2D eigenvalue weighted by Crippen LogP contribution is -2.30. The van der Waals surface area contributed by atoms with Crippen LogP contribution in [-0.4, -0.2) is 30.6 Å². The summed E-state index contributed by atoms with van der Waals surface area (Å²) >= 11 is 0. The van der Waals surface area contributed by atoms with Crippen molar-refractivity contribution in [3.05, 3.63) is 66.2 Å². The quantitative estimate of drug-likeness (QED) is 0.531. The highest BCUT2D eigenvalue weighted by Gasteiger charge is 2.09. The van der Waals surface area contributed by atoms with Crippen LogP contribution in [0.5, 0.6) is 5.75 Å². The van der Waals surface area contributed by atoms with Crippen molar-refractivity contribution in [2.75, 3.05) is 13.7 Å². The smallest absolute Gasteiger partial charge is 0.325 e. The van der Waals surface area contributed by atoms with Gasteiger partial charge in [0.15, 0.2) is 0 Å². The van der Waals surface area contributed by atoms with Gasteiger partial charge in [0, 0.05) is 10.9 Å². The number of aromatic hydroxyl groups is 1. The van der Waals surface area contributed by atoms with Gasteiger partial charge in [-0.1, -0.05) is 36.4 Å². The van der Waals surface area contributed by atoms with Crippen LogP contribution in [0.25, 0.3) is 10.8 Å². The van der Waals surface area contributed by atoms with Crippen molar-refractivity contribution in [3.8, 4) is 5.75 Å². The highest BCUT2D eigenvalue weighted by molar-refractivity contribution is 5.97. The lowest BCUT2D eigenvalue weighted by molar-refractivity contribution is -0.139. The number of hydrogen-bond acceptors (Lipinski definition) is 6. The number of methoxy groups -OCH3 is 1. The molecule has 0 saturated heterocycles. The average molecular weight is 363 g/mol. The van der Waals surface area contributed by atoms with Crippen LogP contribution in [-0.2, 0) is 9.53 Å². The van der Waals surface area contributed by atoms with Crippen LogP contribution in [0.1, 0.15) is 10.4 Å². The summed E-state index contributed by atoms with van der Waals surface area (Å²) in [7, 11) is 1.25. The predicted octanol–water partition coefficient (Wildman–Crippen LogP) is 3.86. The Morgan fingerprint density at radius 1 is 1.04 bits per heavy atom. The number of azo groups is 1. The third-order valence-electron chi connectivity index (χ3n) is 3.87. The lowest BCUT2D eigenvalue weighted by atomic mass is 10.1. The van der Waals surface area contributed by atoms with Crippen molar-refractivity contribution >= 4 is 34.0 Å². The second-order valence-corrected chi connectivity index (χ2v) is 5.66. The van der Waals surface area contributed by atoms with E-state index in [1.807, 2.05) is 24.3 Å². The summed E-state index contributed by atoms with van der Waals surface area (Å²) in [5.74, 6) is -0.944. The van der Waals surface area contributed by atoms with E-state index in [-0.39, 0.29) is 12.3 Å². The molecule has 0 saturated carbocycles. The van der Waals surface area contributed by atoms with Gasteiger partial charge in [0.05, 0.1) is 12.8 Å².